The number of nitrogens with one attached hydrogen (secondary N) is 1. The van der Waals surface area contributed by atoms with Crippen LogP contribution in [-0.4, -0.2) is 10.7 Å². The Morgan fingerprint density at radius 2 is 1.30 bits per heavy atom. The summed E-state index contributed by atoms with van der Waals surface area (Å²) in [6.07, 6.45) is 4.68. The van der Waals surface area contributed by atoms with Crippen LogP contribution in [0.3, 0.4) is 0 Å². The Balaban J connectivity index is 1.53. The quantitative estimate of drug-likeness (QED) is 0.118. The van der Waals surface area contributed by atoms with Crippen molar-refractivity contribution < 1.29 is 17.6 Å². The van der Waals surface area contributed by atoms with Crippen molar-refractivity contribution >= 4 is 11.3 Å². The number of nitriles is 2. The van der Waals surface area contributed by atoms with Gasteiger partial charge in [0, 0.05) is 11.1 Å². The molecule has 6 rings (SSSR count). The van der Waals surface area contributed by atoms with Crippen LogP contribution in [0.4, 0.5) is 17.6 Å². The van der Waals surface area contributed by atoms with Gasteiger partial charge in [-0.25, -0.2) is 17.6 Å². The van der Waals surface area contributed by atoms with Crippen molar-refractivity contribution in [2.24, 2.45) is 0 Å². The Hall–Kier alpha value is -6.12. The monoisotopic (exact) mass is 610 g/mol. The van der Waals surface area contributed by atoms with Crippen LogP contribution in [0.25, 0.3) is 28.0 Å². The van der Waals surface area contributed by atoms with Gasteiger partial charge < -0.3 is 5.41 Å². The molecule has 222 valence electrons. The highest BCUT2D eigenvalue weighted by Gasteiger charge is 2.48. The molecule has 1 N–H and O–H groups in total. The lowest BCUT2D eigenvalue weighted by Gasteiger charge is -2.31. The molecule has 1 aliphatic rings. The minimum atomic E-state index is -1.27. The smallest absolute Gasteiger partial charge is 0.153 e. The zero-order chi connectivity index (χ0) is 32.6. The summed E-state index contributed by atoms with van der Waals surface area (Å²) in [7, 11) is 0. The maximum Gasteiger partial charge on any atom is 0.153 e. The van der Waals surface area contributed by atoms with Crippen LogP contribution in [-0.2, 0) is 5.41 Å². The van der Waals surface area contributed by atoms with E-state index in [2.05, 4.69) is 0 Å². The van der Waals surface area contributed by atoms with E-state index in [1.165, 1.54) is 12.1 Å². The van der Waals surface area contributed by atoms with E-state index in [1.54, 1.807) is 55.5 Å². The molecule has 0 radical (unpaired) electrons. The Bertz CT molecular complexity index is 2170. The summed E-state index contributed by atoms with van der Waals surface area (Å²) in [5, 5.41) is 28.0. The second-order valence-electron chi connectivity index (χ2n) is 10.7. The molecule has 0 fully saturated rings. The summed E-state index contributed by atoms with van der Waals surface area (Å²) < 4.78 is 58.2. The third kappa shape index (κ3) is 4.60. The number of pyridine rings is 1. The second kappa shape index (κ2) is 11.8. The van der Waals surface area contributed by atoms with E-state index in [4.69, 9.17) is 10.2 Å². The van der Waals surface area contributed by atoms with Gasteiger partial charge in [-0.05, 0) is 77.2 Å². The molecular formula is C38H22F4N4. The third-order valence-corrected chi connectivity index (χ3v) is 8.21. The van der Waals surface area contributed by atoms with Gasteiger partial charge in [-0.2, -0.15) is 10.5 Å². The van der Waals surface area contributed by atoms with Crippen LogP contribution >= 0.6 is 0 Å². The first-order valence-corrected chi connectivity index (χ1v) is 14.1. The Labute approximate surface area is 262 Å². The number of aromatic nitrogens is 1. The number of hydrogen-bond acceptors (Lipinski definition) is 4. The summed E-state index contributed by atoms with van der Waals surface area (Å²) in [5.74, 6) is -3.93. The SMILES string of the molecule is C/C(=C\C=C/C(=N)C1(c2cccc(-c3ccc(F)c(C#N)c3F)n2)c2ccccc2-c2ccccc21)c1ccc(F)c(C#N)c1F. The molecule has 0 bridgehead atoms. The Morgan fingerprint density at radius 1 is 0.717 bits per heavy atom. The van der Waals surface area contributed by atoms with Gasteiger partial charge >= 0.3 is 0 Å². The van der Waals surface area contributed by atoms with Crippen LogP contribution in [0, 0.1) is 51.3 Å². The lowest BCUT2D eigenvalue weighted by atomic mass is 9.71. The second-order valence-corrected chi connectivity index (χ2v) is 10.7. The number of fused-ring (bicyclic) bond motifs is 3. The van der Waals surface area contributed by atoms with Crippen molar-refractivity contribution in [1.82, 2.24) is 4.98 Å². The number of rotatable bonds is 6. The van der Waals surface area contributed by atoms with Gasteiger partial charge in [0.15, 0.2) is 11.6 Å². The van der Waals surface area contributed by atoms with Gasteiger partial charge in [0.1, 0.15) is 40.3 Å². The number of halogens is 4. The van der Waals surface area contributed by atoms with Gasteiger partial charge in [0.05, 0.1) is 17.1 Å². The fourth-order valence-corrected chi connectivity index (χ4v) is 6.05. The molecule has 0 spiro atoms. The fraction of sp³-hybridized carbons (Fsp3) is 0.0526. The van der Waals surface area contributed by atoms with Crippen molar-refractivity contribution in [1.29, 1.82) is 15.9 Å². The van der Waals surface area contributed by atoms with Crippen molar-refractivity contribution in [2.45, 2.75) is 12.3 Å². The maximum absolute atomic E-state index is 15.3. The number of hydrogen-bond donors (Lipinski definition) is 1. The number of benzene rings is 4. The fourth-order valence-electron chi connectivity index (χ4n) is 6.05. The molecule has 0 atom stereocenters. The molecule has 0 saturated carbocycles. The molecule has 4 aromatic carbocycles. The highest BCUT2D eigenvalue weighted by Crippen LogP contribution is 2.53. The Morgan fingerprint density at radius 3 is 1.93 bits per heavy atom. The first-order chi connectivity index (χ1) is 22.2. The topological polar surface area (TPSA) is 84.3 Å². The van der Waals surface area contributed by atoms with E-state index in [9.17, 15) is 23.8 Å². The largest absolute Gasteiger partial charge is 0.304 e. The molecule has 46 heavy (non-hydrogen) atoms. The first kappa shape index (κ1) is 29.9. The zero-order valence-corrected chi connectivity index (χ0v) is 24.2. The summed E-state index contributed by atoms with van der Waals surface area (Å²) in [6, 6.07) is 27.8. The van der Waals surface area contributed by atoms with E-state index in [0.717, 1.165) is 34.4 Å². The molecule has 0 saturated heterocycles. The summed E-state index contributed by atoms with van der Waals surface area (Å²) >= 11 is 0. The summed E-state index contributed by atoms with van der Waals surface area (Å²) in [6.45, 7) is 1.61. The van der Waals surface area contributed by atoms with E-state index in [0.29, 0.717) is 11.3 Å². The van der Waals surface area contributed by atoms with Crippen LogP contribution < -0.4 is 0 Å². The highest BCUT2D eigenvalue weighted by atomic mass is 19.1. The molecule has 8 heteroatoms. The van der Waals surface area contributed by atoms with Crippen LogP contribution in [0.1, 0.15) is 40.4 Å². The van der Waals surface area contributed by atoms with Gasteiger partial charge in [0.25, 0.3) is 0 Å². The van der Waals surface area contributed by atoms with Gasteiger partial charge in [-0.1, -0.05) is 66.7 Å². The van der Waals surface area contributed by atoms with Crippen molar-refractivity contribution in [3.63, 3.8) is 0 Å². The normalized spacial score (nSPS) is 13.2. The first-order valence-electron chi connectivity index (χ1n) is 14.1. The summed E-state index contributed by atoms with van der Waals surface area (Å²) in [5.41, 5.74) is 1.65. The van der Waals surface area contributed by atoms with Gasteiger partial charge in [-0.15, -0.1) is 0 Å². The molecule has 0 aliphatic heterocycles. The average Bonchev–Trinajstić information content (AvgIpc) is 3.36. The standard InChI is InChI=1S/C38H22F4N4/c1-22(23-16-18-31(39)27(20-43)36(23)41)8-6-14-34(45)38(29-11-4-2-9-24(29)25-10-3-5-12-30(25)38)35-15-7-13-33(46-35)26-17-19-32(40)28(21-44)37(26)42/h2-19,45H,1H3/b14-6-,22-8+,45-34?. The van der Waals surface area contributed by atoms with E-state index < -0.39 is 39.8 Å². The minimum absolute atomic E-state index is 0.0489. The molecular weight excluding hydrogens is 588 g/mol. The molecule has 1 heterocycles. The lowest BCUT2D eigenvalue weighted by molar-refractivity contribution is 0.574. The number of nitrogens with zero attached hydrogens (tertiary/aromatic N) is 3. The van der Waals surface area contributed by atoms with E-state index >= 15 is 4.39 Å². The predicted molar refractivity (Wildman–Crippen MR) is 168 cm³/mol. The maximum atomic E-state index is 15.3. The highest BCUT2D eigenvalue weighted by molar-refractivity contribution is 6.11. The summed E-state index contributed by atoms with van der Waals surface area (Å²) in [4.78, 5) is 4.83. The molecule has 1 aliphatic carbocycles. The van der Waals surface area contributed by atoms with Gasteiger partial charge in [-0.3, -0.25) is 4.98 Å². The van der Waals surface area contributed by atoms with Crippen molar-refractivity contribution in [3.8, 4) is 34.5 Å². The van der Waals surface area contributed by atoms with E-state index in [-0.39, 0.29) is 22.5 Å². The van der Waals surface area contributed by atoms with Crippen LogP contribution in [0.5, 0.6) is 0 Å². The van der Waals surface area contributed by atoms with Gasteiger partial charge in [0.2, 0.25) is 0 Å². The molecule has 1 aromatic heterocycles. The van der Waals surface area contributed by atoms with E-state index in [1.807, 2.05) is 48.5 Å². The predicted octanol–water partition coefficient (Wildman–Crippen LogP) is 9.04. The molecule has 0 amide bonds. The van der Waals surface area contributed by atoms with Crippen LogP contribution in [0.2, 0.25) is 0 Å². The molecule has 5 aromatic rings. The number of allylic oxidation sites excluding steroid dienone is 4. The van der Waals surface area contributed by atoms with Crippen molar-refractivity contribution in [3.05, 3.63) is 166 Å². The zero-order valence-electron chi connectivity index (χ0n) is 24.2. The van der Waals surface area contributed by atoms with Crippen LogP contribution in [0.15, 0.2) is 109 Å². The lowest BCUT2D eigenvalue weighted by Crippen LogP contribution is -2.36. The minimum Gasteiger partial charge on any atom is -0.304 e. The Kier molecular flexibility index (Phi) is 7.65. The average molecular weight is 611 g/mol. The van der Waals surface area contributed by atoms with Crippen molar-refractivity contribution in [2.75, 3.05) is 0 Å². The molecule has 0 unspecified atom stereocenters. The third-order valence-electron chi connectivity index (χ3n) is 8.21. The molecule has 4 nitrogen and oxygen atoms in total.